The molecular formula is C38H40N6O2. The lowest BCUT2D eigenvalue weighted by Crippen LogP contribution is -2.54. The van der Waals surface area contributed by atoms with Crippen LogP contribution in [0.4, 0.5) is 5.82 Å². The molecule has 2 aromatic carbocycles. The van der Waals surface area contributed by atoms with Crippen molar-refractivity contribution in [3.05, 3.63) is 100 Å². The van der Waals surface area contributed by atoms with Gasteiger partial charge in [0.25, 0.3) is 0 Å². The van der Waals surface area contributed by atoms with Crippen LogP contribution >= 0.6 is 0 Å². The Kier molecular flexibility index (Phi) is 7.46. The van der Waals surface area contributed by atoms with Gasteiger partial charge in [-0.15, -0.1) is 0 Å². The first-order chi connectivity index (χ1) is 22.2. The Hall–Kier alpha value is -4.85. The second kappa shape index (κ2) is 11.5. The molecule has 8 heteroatoms. The number of carbonyl (C=O) groups is 1. The second-order valence-electron chi connectivity index (χ2n) is 13.2. The van der Waals surface area contributed by atoms with E-state index in [0.29, 0.717) is 37.0 Å². The third kappa shape index (κ3) is 4.96. The number of nitrogens with zero attached hydrogens (tertiary/aromatic N) is 6. The summed E-state index contributed by atoms with van der Waals surface area (Å²) >= 11 is 0. The van der Waals surface area contributed by atoms with E-state index in [4.69, 9.17) is 15.0 Å². The van der Waals surface area contributed by atoms with Gasteiger partial charge in [0.2, 0.25) is 5.91 Å². The highest BCUT2D eigenvalue weighted by Crippen LogP contribution is 2.47. The zero-order chi connectivity index (χ0) is 32.3. The van der Waals surface area contributed by atoms with E-state index in [2.05, 4.69) is 81.6 Å². The summed E-state index contributed by atoms with van der Waals surface area (Å²) < 4.78 is 1.69. The fraction of sp³-hybridized carbons (Fsp3) is 0.342. The summed E-state index contributed by atoms with van der Waals surface area (Å²) in [5, 5.41) is 3.19. The lowest BCUT2D eigenvalue weighted by molar-refractivity contribution is -0.126. The number of benzene rings is 2. The van der Waals surface area contributed by atoms with Crippen LogP contribution in [0.15, 0.2) is 72.2 Å². The number of aromatic nitrogens is 4. The van der Waals surface area contributed by atoms with Crippen molar-refractivity contribution in [2.75, 3.05) is 24.5 Å². The molecule has 46 heavy (non-hydrogen) atoms. The Labute approximate surface area is 269 Å². The van der Waals surface area contributed by atoms with Gasteiger partial charge in [0, 0.05) is 37.4 Å². The van der Waals surface area contributed by atoms with Crippen LogP contribution in [0.25, 0.3) is 38.8 Å². The Morgan fingerprint density at radius 2 is 1.78 bits per heavy atom. The molecule has 1 unspecified atom stereocenters. The highest BCUT2D eigenvalue weighted by Gasteiger charge is 2.33. The van der Waals surface area contributed by atoms with Crippen LogP contribution in [-0.4, -0.2) is 56.0 Å². The number of rotatable bonds is 6. The predicted octanol–water partition coefficient (Wildman–Crippen LogP) is 6.84. The third-order valence-electron chi connectivity index (χ3n) is 9.57. The molecule has 3 aromatic heterocycles. The van der Waals surface area contributed by atoms with Gasteiger partial charge in [0.1, 0.15) is 5.82 Å². The van der Waals surface area contributed by atoms with Gasteiger partial charge in [0.15, 0.2) is 5.65 Å². The summed E-state index contributed by atoms with van der Waals surface area (Å²) in [4.78, 5) is 45.9. The van der Waals surface area contributed by atoms with E-state index in [-0.39, 0.29) is 23.6 Å². The highest BCUT2D eigenvalue weighted by atomic mass is 16.2. The second-order valence-corrected chi connectivity index (χ2v) is 13.2. The van der Waals surface area contributed by atoms with Crippen LogP contribution < -0.4 is 10.6 Å². The molecule has 1 atom stereocenters. The molecule has 2 aliphatic rings. The molecule has 1 amide bonds. The monoisotopic (exact) mass is 612 g/mol. The van der Waals surface area contributed by atoms with Crippen molar-refractivity contribution in [3.63, 3.8) is 0 Å². The number of hydrogen-bond acceptors (Lipinski definition) is 6. The van der Waals surface area contributed by atoms with E-state index in [0.717, 1.165) is 46.4 Å². The molecule has 4 heterocycles. The quantitative estimate of drug-likeness (QED) is 0.195. The Morgan fingerprint density at radius 3 is 2.48 bits per heavy atom. The molecule has 1 aliphatic heterocycles. The normalized spacial score (nSPS) is 16.9. The van der Waals surface area contributed by atoms with Gasteiger partial charge in [-0.25, -0.2) is 14.3 Å². The molecule has 1 saturated carbocycles. The van der Waals surface area contributed by atoms with Gasteiger partial charge < -0.3 is 9.80 Å². The van der Waals surface area contributed by atoms with Crippen molar-refractivity contribution in [2.45, 2.75) is 65.3 Å². The van der Waals surface area contributed by atoms with E-state index in [1.165, 1.54) is 28.0 Å². The van der Waals surface area contributed by atoms with Crippen LogP contribution in [0.5, 0.6) is 0 Å². The van der Waals surface area contributed by atoms with E-state index >= 15 is 0 Å². The molecule has 8 nitrogen and oxygen atoms in total. The number of anilines is 1. The Bertz CT molecular complexity index is 2090. The molecular weight excluding hydrogens is 572 g/mol. The smallest absolute Gasteiger partial charge is 0.350 e. The zero-order valence-corrected chi connectivity index (χ0v) is 27.2. The summed E-state index contributed by atoms with van der Waals surface area (Å²) in [6, 6.07) is 16.9. The molecule has 0 N–H and O–H groups in total. The van der Waals surface area contributed by atoms with Crippen LogP contribution in [0, 0.1) is 13.8 Å². The average molecular weight is 613 g/mol. The maximum atomic E-state index is 14.4. The summed E-state index contributed by atoms with van der Waals surface area (Å²) in [5.41, 5.74) is 7.09. The van der Waals surface area contributed by atoms with Gasteiger partial charge in [-0.1, -0.05) is 56.8 Å². The first-order valence-electron chi connectivity index (χ1n) is 16.3. The molecule has 0 bridgehead atoms. The van der Waals surface area contributed by atoms with Crippen molar-refractivity contribution >= 4 is 33.5 Å². The van der Waals surface area contributed by atoms with Crippen LogP contribution in [-0.2, 0) is 4.79 Å². The number of carbonyl (C=O) groups excluding carboxylic acids is 1. The molecule has 1 saturated heterocycles. The predicted molar refractivity (Wildman–Crippen MR) is 185 cm³/mol. The number of hydrogen-bond donors (Lipinski definition) is 0. The van der Waals surface area contributed by atoms with Crippen LogP contribution in [0.2, 0.25) is 0 Å². The van der Waals surface area contributed by atoms with Crippen molar-refractivity contribution < 1.29 is 4.79 Å². The van der Waals surface area contributed by atoms with Crippen LogP contribution in [0.3, 0.4) is 0 Å². The summed E-state index contributed by atoms with van der Waals surface area (Å²) in [7, 11) is 0. The summed E-state index contributed by atoms with van der Waals surface area (Å²) in [5.74, 6) is 1.01. The Morgan fingerprint density at radius 1 is 1.02 bits per heavy atom. The van der Waals surface area contributed by atoms with Crippen molar-refractivity contribution in [2.24, 2.45) is 0 Å². The molecule has 7 rings (SSSR count). The van der Waals surface area contributed by atoms with E-state index in [1.54, 1.807) is 15.7 Å². The standard InChI is InChI=1S/C38H40N6O2/c1-7-31(45)42-18-19-43(25(6)21-42)36-30-20-29(26-14-15-26)34(28-13-9-12-27-11-8-10-23(4)32(27)28)40-37(30)44(38(46)41-36)35-24(5)16-17-39-33(35)22(2)3/h7-13,16-17,20,22,25-26H,1,14-15,18-19,21H2,2-6H3. The number of piperazine rings is 1. The van der Waals surface area contributed by atoms with Gasteiger partial charge in [0.05, 0.1) is 22.5 Å². The molecule has 0 radical (unpaired) electrons. The summed E-state index contributed by atoms with van der Waals surface area (Å²) in [6.45, 7) is 15.7. The fourth-order valence-corrected chi connectivity index (χ4v) is 7.10. The lowest BCUT2D eigenvalue weighted by Gasteiger charge is -2.40. The minimum absolute atomic E-state index is 0.0558. The molecule has 2 fully saturated rings. The average Bonchev–Trinajstić information content (AvgIpc) is 3.89. The molecule has 1 aliphatic carbocycles. The van der Waals surface area contributed by atoms with E-state index < -0.39 is 0 Å². The van der Waals surface area contributed by atoms with Gasteiger partial charge in [-0.05, 0) is 91.1 Å². The number of pyridine rings is 2. The van der Waals surface area contributed by atoms with Gasteiger partial charge >= 0.3 is 5.69 Å². The Balaban J connectivity index is 1.56. The van der Waals surface area contributed by atoms with Crippen LogP contribution in [0.1, 0.15) is 67.8 Å². The first-order valence-corrected chi connectivity index (χ1v) is 16.3. The lowest BCUT2D eigenvalue weighted by atomic mass is 9.94. The van der Waals surface area contributed by atoms with Gasteiger partial charge in [-0.2, -0.15) is 4.98 Å². The third-order valence-corrected chi connectivity index (χ3v) is 9.57. The largest absolute Gasteiger partial charge is 0.355 e. The minimum Gasteiger partial charge on any atom is -0.350 e. The maximum absolute atomic E-state index is 14.4. The molecule has 0 spiro atoms. The SMILES string of the molecule is C=CC(=O)N1CCN(c2nc(=O)n(-c3c(C)ccnc3C(C)C)c3nc(-c4cccc5cccc(C)c45)c(C4CC4)cc23)C(C)C1. The maximum Gasteiger partial charge on any atom is 0.355 e. The van der Waals surface area contributed by atoms with Crippen molar-refractivity contribution in [3.8, 4) is 16.9 Å². The summed E-state index contributed by atoms with van der Waals surface area (Å²) in [6.07, 6.45) is 5.37. The van der Waals surface area contributed by atoms with E-state index in [9.17, 15) is 9.59 Å². The number of aryl methyl sites for hydroxylation is 2. The van der Waals surface area contributed by atoms with Crippen molar-refractivity contribution in [1.29, 1.82) is 0 Å². The minimum atomic E-state index is -0.385. The number of amides is 1. The number of fused-ring (bicyclic) bond motifs is 2. The fourth-order valence-electron chi connectivity index (χ4n) is 7.10. The first kappa shape index (κ1) is 29.8. The zero-order valence-electron chi connectivity index (χ0n) is 27.2. The van der Waals surface area contributed by atoms with Gasteiger partial charge in [-0.3, -0.25) is 9.78 Å². The molecule has 5 aromatic rings. The van der Waals surface area contributed by atoms with Crippen molar-refractivity contribution in [1.82, 2.24) is 24.4 Å². The highest BCUT2D eigenvalue weighted by molar-refractivity contribution is 6.01. The molecule has 234 valence electrons. The van der Waals surface area contributed by atoms with E-state index in [1.807, 2.05) is 13.0 Å². The topological polar surface area (TPSA) is 84.2 Å².